The van der Waals surface area contributed by atoms with Gasteiger partial charge in [-0.3, -0.25) is 9.59 Å². The number of anilines is 1. The van der Waals surface area contributed by atoms with Crippen LogP contribution < -0.4 is 21.1 Å². The van der Waals surface area contributed by atoms with Crippen LogP contribution in [0.1, 0.15) is 10.4 Å². The van der Waals surface area contributed by atoms with Gasteiger partial charge < -0.3 is 21.1 Å². The summed E-state index contributed by atoms with van der Waals surface area (Å²) < 4.78 is 7.56. The Morgan fingerprint density at radius 1 is 1.19 bits per heavy atom. The van der Waals surface area contributed by atoms with E-state index in [2.05, 4.69) is 22.3 Å². The number of nitrogens with two attached hydrogens (primary N) is 1. The molecule has 31 heavy (non-hydrogen) atoms. The zero-order valence-electron chi connectivity index (χ0n) is 16.9. The standard InChI is InChI=1S/C23H23N5O3/c1-2-19(29)25-12-15-13-26-23-20(22(24)30)21(27-28(23)14-15)16-8-10-18(11-9-16)31-17-6-4-3-5-7-17/h2-11,15,26H,1,12-14H2,(H2,24,30)(H,25,29). The zero-order chi connectivity index (χ0) is 21.8. The number of nitrogens with zero attached hydrogens (tertiary/aromatic N) is 2. The van der Waals surface area contributed by atoms with Crippen LogP contribution in [0.15, 0.2) is 67.3 Å². The van der Waals surface area contributed by atoms with E-state index < -0.39 is 5.91 Å². The summed E-state index contributed by atoms with van der Waals surface area (Å²) in [4.78, 5) is 23.6. The summed E-state index contributed by atoms with van der Waals surface area (Å²) in [7, 11) is 0. The number of amides is 2. The van der Waals surface area contributed by atoms with Gasteiger partial charge in [-0.1, -0.05) is 24.8 Å². The molecule has 0 fully saturated rings. The van der Waals surface area contributed by atoms with E-state index in [-0.39, 0.29) is 11.8 Å². The number of primary amides is 1. The van der Waals surface area contributed by atoms with Crippen LogP contribution in [-0.4, -0.2) is 34.7 Å². The Kier molecular flexibility index (Phi) is 5.70. The molecule has 0 bridgehead atoms. The van der Waals surface area contributed by atoms with Crippen LogP contribution in [-0.2, 0) is 11.3 Å². The maximum Gasteiger partial charge on any atom is 0.254 e. The summed E-state index contributed by atoms with van der Waals surface area (Å²) in [6.07, 6.45) is 1.24. The van der Waals surface area contributed by atoms with Crippen molar-refractivity contribution in [3.05, 3.63) is 72.8 Å². The van der Waals surface area contributed by atoms with E-state index >= 15 is 0 Å². The van der Waals surface area contributed by atoms with Crippen molar-refractivity contribution in [2.24, 2.45) is 11.7 Å². The Bertz CT molecular complexity index is 1110. The van der Waals surface area contributed by atoms with Gasteiger partial charge in [-0.05, 0) is 42.5 Å². The van der Waals surface area contributed by atoms with Crippen LogP contribution in [0.25, 0.3) is 11.3 Å². The third-order valence-electron chi connectivity index (χ3n) is 5.05. The first-order valence-corrected chi connectivity index (χ1v) is 9.93. The second-order valence-electron chi connectivity index (χ2n) is 7.25. The molecule has 1 aliphatic heterocycles. The average molecular weight is 417 g/mol. The van der Waals surface area contributed by atoms with E-state index in [9.17, 15) is 9.59 Å². The number of aromatic nitrogens is 2. The molecule has 1 unspecified atom stereocenters. The molecule has 2 aromatic carbocycles. The fraction of sp³-hybridized carbons (Fsp3) is 0.174. The summed E-state index contributed by atoms with van der Waals surface area (Å²) in [6.45, 7) is 5.07. The summed E-state index contributed by atoms with van der Waals surface area (Å²) in [5.74, 6) is 1.36. The summed E-state index contributed by atoms with van der Waals surface area (Å²) in [5.41, 5.74) is 7.30. The van der Waals surface area contributed by atoms with Crippen molar-refractivity contribution < 1.29 is 14.3 Å². The second kappa shape index (κ2) is 8.74. The first-order valence-electron chi connectivity index (χ1n) is 9.93. The van der Waals surface area contributed by atoms with Gasteiger partial charge in [-0.25, -0.2) is 4.68 Å². The number of carbonyl (C=O) groups is 2. The minimum Gasteiger partial charge on any atom is -0.457 e. The van der Waals surface area contributed by atoms with Gasteiger partial charge in [-0.15, -0.1) is 0 Å². The van der Waals surface area contributed by atoms with Gasteiger partial charge in [0.2, 0.25) is 5.91 Å². The molecule has 1 aliphatic rings. The third-order valence-corrected chi connectivity index (χ3v) is 5.05. The van der Waals surface area contributed by atoms with Gasteiger partial charge in [-0.2, -0.15) is 5.10 Å². The van der Waals surface area contributed by atoms with Crippen molar-refractivity contribution in [3.8, 4) is 22.8 Å². The smallest absolute Gasteiger partial charge is 0.254 e. The first kappa shape index (κ1) is 20.2. The lowest BCUT2D eigenvalue weighted by atomic mass is 10.0. The van der Waals surface area contributed by atoms with Crippen molar-refractivity contribution >= 4 is 17.6 Å². The molecule has 158 valence electrons. The molecule has 0 spiro atoms. The Balaban J connectivity index is 1.56. The molecule has 2 amide bonds. The Labute approximate surface area is 179 Å². The monoisotopic (exact) mass is 417 g/mol. The van der Waals surface area contributed by atoms with E-state index in [4.69, 9.17) is 10.5 Å². The number of hydrogen-bond acceptors (Lipinski definition) is 5. The number of nitrogens with one attached hydrogen (secondary N) is 2. The number of para-hydroxylation sites is 1. The molecular formula is C23H23N5O3. The molecule has 4 rings (SSSR count). The van der Waals surface area contributed by atoms with E-state index in [0.29, 0.717) is 42.5 Å². The van der Waals surface area contributed by atoms with Crippen LogP contribution in [0.3, 0.4) is 0 Å². The van der Waals surface area contributed by atoms with Crippen LogP contribution >= 0.6 is 0 Å². The molecule has 3 aromatic rings. The first-order chi connectivity index (χ1) is 15.0. The Morgan fingerprint density at radius 3 is 2.58 bits per heavy atom. The Morgan fingerprint density at radius 2 is 1.90 bits per heavy atom. The van der Waals surface area contributed by atoms with Gasteiger partial charge in [0.15, 0.2) is 0 Å². The molecule has 0 saturated carbocycles. The number of hydrogen-bond donors (Lipinski definition) is 3. The minimum atomic E-state index is -0.549. The van der Waals surface area contributed by atoms with E-state index in [1.165, 1.54) is 6.08 Å². The van der Waals surface area contributed by atoms with Crippen LogP contribution in [0, 0.1) is 5.92 Å². The number of rotatable bonds is 7. The lowest BCUT2D eigenvalue weighted by Crippen LogP contribution is -2.37. The fourth-order valence-corrected chi connectivity index (χ4v) is 3.52. The maximum absolute atomic E-state index is 12.2. The molecule has 0 radical (unpaired) electrons. The van der Waals surface area contributed by atoms with Crippen molar-refractivity contribution in [1.82, 2.24) is 15.1 Å². The van der Waals surface area contributed by atoms with E-state index in [1.54, 1.807) is 4.68 Å². The van der Waals surface area contributed by atoms with Gasteiger partial charge in [0.1, 0.15) is 28.6 Å². The predicted octanol–water partition coefficient (Wildman–Crippen LogP) is 2.79. The summed E-state index contributed by atoms with van der Waals surface area (Å²) >= 11 is 0. The molecule has 2 heterocycles. The van der Waals surface area contributed by atoms with Gasteiger partial charge >= 0.3 is 0 Å². The average Bonchev–Trinajstić information content (AvgIpc) is 3.17. The van der Waals surface area contributed by atoms with Crippen LogP contribution in [0.2, 0.25) is 0 Å². The predicted molar refractivity (Wildman–Crippen MR) is 118 cm³/mol. The SMILES string of the molecule is C=CC(=O)NCC1CNc2c(C(N)=O)c(-c3ccc(Oc4ccccc4)cc3)nn2C1. The number of ether oxygens (including phenoxy) is 1. The van der Waals surface area contributed by atoms with Crippen molar-refractivity contribution in [1.29, 1.82) is 0 Å². The second-order valence-corrected chi connectivity index (χ2v) is 7.25. The molecule has 8 nitrogen and oxygen atoms in total. The van der Waals surface area contributed by atoms with E-state index in [1.807, 2.05) is 54.6 Å². The maximum atomic E-state index is 12.2. The van der Waals surface area contributed by atoms with Crippen LogP contribution in [0.5, 0.6) is 11.5 Å². The van der Waals surface area contributed by atoms with Gasteiger partial charge in [0.25, 0.3) is 5.91 Å². The fourth-order valence-electron chi connectivity index (χ4n) is 3.52. The topological polar surface area (TPSA) is 111 Å². The van der Waals surface area contributed by atoms with Crippen molar-refractivity contribution in [3.63, 3.8) is 0 Å². The normalized spacial score (nSPS) is 14.8. The molecule has 8 heteroatoms. The highest BCUT2D eigenvalue weighted by Crippen LogP contribution is 2.33. The minimum absolute atomic E-state index is 0.117. The van der Waals surface area contributed by atoms with E-state index in [0.717, 1.165) is 11.3 Å². The van der Waals surface area contributed by atoms with Gasteiger partial charge in [0.05, 0.1) is 0 Å². The largest absolute Gasteiger partial charge is 0.457 e. The number of benzene rings is 2. The third kappa shape index (κ3) is 4.42. The lowest BCUT2D eigenvalue weighted by molar-refractivity contribution is -0.116. The summed E-state index contributed by atoms with van der Waals surface area (Å²) in [6, 6.07) is 16.8. The highest BCUT2D eigenvalue weighted by Gasteiger charge is 2.28. The molecule has 0 aliphatic carbocycles. The molecule has 1 aromatic heterocycles. The molecule has 0 saturated heterocycles. The summed E-state index contributed by atoms with van der Waals surface area (Å²) in [5, 5.41) is 10.7. The zero-order valence-corrected chi connectivity index (χ0v) is 16.9. The van der Waals surface area contributed by atoms with Gasteiger partial charge in [0, 0.05) is 31.1 Å². The van der Waals surface area contributed by atoms with Crippen molar-refractivity contribution in [2.45, 2.75) is 6.54 Å². The van der Waals surface area contributed by atoms with Crippen LogP contribution in [0.4, 0.5) is 5.82 Å². The molecular weight excluding hydrogens is 394 g/mol. The number of fused-ring (bicyclic) bond motifs is 1. The number of carbonyl (C=O) groups excluding carboxylic acids is 2. The molecule has 4 N–H and O–H groups in total. The lowest BCUT2D eigenvalue weighted by Gasteiger charge is -2.25. The Hall–Kier alpha value is -4.07. The van der Waals surface area contributed by atoms with Crippen molar-refractivity contribution in [2.75, 3.05) is 18.4 Å². The highest BCUT2D eigenvalue weighted by atomic mass is 16.5. The quantitative estimate of drug-likeness (QED) is 0.512. The molecule has 1 atom stereocenters. The highest BCUT2D eigenvalue weighted by molar-refractivity contribution is 6.03.